The lowest BCUT2D eigenvalue weighted by molar-refractivity contribution is -0.137. The van der Waals surface area contributed by atoms with Gasteiger partial charge in [0.1, 0.15) is 11.3 Å². The Morgan fingerprint density at radius 2 is 2.14 bits per heavy atom. The number of rotatable bonds is 4. The van der Waals surface area contributed by atoms with Crippen LogP contribution in [0.5, 0.6) is 0 Å². The lowest BCUT2D eigenvalue weighted by Crippen LogP contribution is -2.07. The van der Waals surface area contributed by atoms with E-state index >= 15 is 0 Å². The van der Waals surface area contributed by atoms with Gasteiger partial charge in [-0.15, -0.1) is 0 Å². The summed E-state index contributed by atoms with van der Waals surface area (Å²) in [6.07, 6.45) is 1.75. The summed E-state index contributed by atoms with van der Waals surface area (Å²) in [5, 5.41) is 9.54. The summed E-state index contributed by atoms with van der Waals surface area (Å²) in [7, 11) is 0. The molecule has 0 saturated carbocycles. The molecule has 1 N–H and O–H groups in total. The molecule has 3 aromatic rings. The molecule has 0 aliphatic carbocycles. The van der Waals surface area contributed by atoms with Crippen molar-refractivity contribution in [3.63, 3.8) is 0 Å². The van der Waals surface area contributed by atoms with E-state index in [9.17, 15) is 4.79 Å². The second-order valence-corrected chi connectivity index (χ2v) is 5.47. The van der Waals surface area contributed by atoms with Crippen molar-refractivity contribution in [2.75, 3.05) is 0 Å². The Kier molecular flexibility index (Phi) is 3.81. The van der Waals surface area contributed by atoms with Crippen molar-refractivity contribution in [2.45, 2.75) is 19.9 Å². The third kappa shape index (κ3) is 2.67. The molecule has 112 valence electrons. The average Bonchev–Trinajstić information content (AvgIpc) is 2.83. The summed E-state index contributed by atoms with van der Waals surface area (Å²) < 4.78 is 1.81. The van der Waals surface area contributed by atoms with Crippen LogP contribution in [0.15, 0.2) is 36.5 Å². The molecule has 0 aliphatic heterocycles. The number of halogens is 1. The molecule has 1 aromatic carbocycles. The standard InChI is InChI=1S/C16H14ClN3O2/c1-10-8-13-16(18-9-10)20(7-6-14(21)22)15(19-13)11-4-2-3-5-12(11)17/h2-5,8-9H,6-7H2,1H3,(H,21,22). The number of fused-ring (bicyclic) bond motifs is 1. The van der Waals surface area contributed by atoms with Crippen LogP contribution in [0.2, 0.25) is 5.02 Å². The van der Waals surface area contributed by atoms with Crippen molar-refractivity contribution in [2.24, 2.45) is 0 Å². The Morgan fingerprint density at radius 1 is 1.36 bits per heavy atom. The summed E-state index contributed by atoms with van der Waals surface area (Å²) in [6, 6.07) is 9.31. The number of carboxylic acids is 1. The zero-order valence-electron chi connectivity index (χ0n) is 12.0. The van der Waals surface area contributed by atoms with E-state index in [1.54, 1.807) is 12.3 Å². The SMILES string of the molecule is Cc1cnc2c(c1)nc(-c1ccccc1Cl)n2CCC(=O)O. The van der Waals surface area contributed by atoms with E-state index in [-0.39, 0.29) is 6.42 Å². The van der Waals surface area contributed by atoms with Crippen LogP contribution in [0.1, 0.15) is 12.0 Å². The third-order valence-electron chi connectivity index (χ3n) is 3.39. The minimum absolute atomic E-state index is 0.00152. The first-order chi connectivity index (χ1) is 10.6. The molecule has 3 rings (SSSR count). The molecule has 6 heteroatoms. The van der Waals surface area contributed by atoms with Gasteiger partial charge in [0.05, 0.1) is 11.4 Å². The Morgan fingerprint density at radius 3 is 2.86 bits per heavy atom. The predicted molar refractivity (Wildman–Crippen MR) is 85.0 cm³/mol. The number of aliphatic carboxylic acids is 1. The normalized spacial score (nSPS) is 11.0. The summed E-state index contributed by atoms with van der Waals surface area (Å²) in [6.45, 7) is 2.24. The van der Waals surface area contributed by atoms with Crippen molar-refractivity contribution in [3.05, 3.63) is 47.1 Å². The number of carboxylic acid groups (broad SMARTS) is 1. The second kappa shape index (κ2) is 5.77. The largest absolute Gasteiger partial charge is 0.481 e. The molecule has 0 amide bonds. The van der Waals surface area contributed by atoms with Crippen LogP contribution < -0.4 is 0 Å². The van der Waals surface area contributed by atoms with E-state index in [4.69, 9.17) is 16.7 Å². The van der Waals surface area contributed by atoms with Crippen LogP contribution in [0.4, 0.5) is 0 Å². The molecule has 0 unspecified atom stereocenters. The van der Waals surface area contributed by atoms with E-state index in [1.165, 1.54) is 0 Å². The van der Waals surface area contributed by atoms with E-state index in [0.717, 1.165) is 16.6 Å². The highest BCUT2D eigenvalue weighted by molar-refractivity contribution is 6.33. The topological polar surface area (TPSA) is 68.0 Å². The van der Waals surface area contributed by atoms with Crippen LogP contribution in [-0.2, 0) is 11.3 Å². The summed E-state index contributed by atoms with van der Waals surface area (Å²) in [5.74, 6) is -0.223. The number of imidazole rings is 1. The number of nitrogens with zero attached hydrogens (tertiary/aromatic N) is 3. The first kappa shape index (κ1) is 14.5. The van der Waals surface area contributed by atoms with Gasteiger partial charge in [-0.2, -0.15) is 0 Å². The number of benzene rings is 1. The number of aromatic nitrogens is 3. The van der Waals surface area contributed by atoms with Crippen molar-refractivity contribution in [1.82, 2.24) is 14.5 Å². The minimum Gasteiger partial charge on any atom is -0.481 e. The smallest absolute Gasteiger partial charge is 0.305 e. The molecular weight excluding hydrogens is 302 g/mol. The molecule has 0 radical (unpaired) electrons. The second-order valence-electron chi connectivity index (χ2n) is 5.07. The van der Waals surface area contributed by atoms with Crippen LogP contribution in [-0.4, -0.2) is 25.6 Å². The minimum atomic E-state index is -0.862. The molecular formula is C16H14ClN3O2. The van der Waals surface area contributed by atoms with Gasteiger partial charge in [0.25, 0.3) is 0 Å². The molecule has 0 spiro atoms. The van der Waals surface area contributed by atoms with Gasteiger partial charge < -0.3 is 9.67 Å². The fraction of sp³-hybridized carbons (Fsp3) is 0.188. The average molecular weight is 316 g/mol. The molecule has 0 saturated heterocycles. The fourth-order valence-corrected chi connectivity index (χ4v) is 2.60. The third-order valence-corrected chi connectivity index (χ3v) is 3.72. The summed E-state index contributed by atoms with van der Waals surface area (Å²) in [5.41, 5.74) is 3.17. The van der Waals surface area contributed by atoms with Crippen molar-refractivity contribution < 1.29 is 9.90 Å². The number of pyridine rings is 1. The highest BCUT2D eigenvalue weighted by atomic mass is 35.5. The van der Waals surface area contributed by atoms with Crippen LogP contribution >= 0.6 is 11.6 Å². The zero-order chi connectivity index (χ0) is 15.7. The summed E-state index contributed by atoms with van der Waals surface area (Å²) >= 11 is 6.26. The predicted octanol–water partition coefficient (Wildman–Crippen LogP) is 3.53. The molecule has 0 bridgehead atoms. The molecule has 0 fully saturated rings. The molecule has 0 aliphatic rings. The molecule has 0 atom stereocenters. The lowest BCUT2D eigenvalue weighted by atomic mass is 10.2. The van der Waals surface area contributed by atoms with Crippen LogP contribution in [0.25, 0.3) is 22.6 Å². The Balaban J connectivity index is 2.21. The quantitative estimate of drug-likeness (QED) is 0.799. The van der Waals surface area contributed by atoms with E-state index in [2.05, 4.69) is 9.97 Å². The van der Waals surface area contributed by atoms with Gasteiger partial charge in [0.2, 0.25) is 0 Å². The van der Waals surface area contributed by atoms with Gasteiger partial charge in [-0.05, 0) is 30.7 Å². The zero-order valence-corrected chi connectivity index (χ0v) is 12.7. The Hall–Kier alpha value is -2.40. The van der Waals surface area contributed by atoms with Crippen molar-refractivity contribution in [3.8, 4) is 11.4 Å². The van der Waals surface area contributed by atoms with Gasteiger partial charge in [-0.25, -0.2) is 9.97 Å². The lowest BCUT2D eigenvalue weighted by Gasteiger charge is -2.08. The van der Waals surface area contributed by atoms with Crippen molar-refractivity contribution >= 4 is 28.7 Å². The Bertz CT molecular complexity index is 858. The van der Waals surface area contributed by atoms with Crippen molar-refractivity contribution in [1.29, 1.82) is 0 Å². The highest BCUT2D eigenvalue weighted by Crippen LogP contribution is 2.29. The maximum absolute atomic E-state index is 10.9. The van der Waals surface area contributed by atoms with Gasteiger partial charge >= 0.3 is 5.97 Å². The highest BCUT2D eigenvalue weighted by Gasteiger charge is 2.16. The first-order valence-electron chi connectivity index (χ1n) is 6.86. The Labute approximate surface area is 132 Å². The number of aryl methyl sites for hydroxylation is 2. The van der Waals surface area contributed by atoms with Gasteiger partial charge in [-0.3, -0.25) is 4.79 Å². The maximum atomic E-state index is 10.9. The first-order valence-corrected chi connectivity index (χ1v) is 7.23. The van der Waals surface area contributed by atoms with Crippen LogP contribution in [0, 0.1) is 6.92 Å². The van der Waals surface area contributed by atoms with Crippen LogP contribution in [0.3, 0.4) is 0 Å². The molecule has 2 heterocycles. The monoisotopic (exact) mass is 315 g/mol. The summed E-state index contributed by atoms with van der Waals surface area (Å²) in [4.78, 5) is 19.9. The van der Waals surface area contributed by atoms with Gasteiger partial charge in [0, 0.05) is 18.3 Å². The van der Waals surface area contributed by atoms with E-state index in [1.807, 2.05) is 35.8 Å². The van der Waals surface area contributed by atoms with E-state index < -0.39 is 5.97 Å². The number of hydrogen-bond donors (Lipinski definition) is 1. The maximum Gasteiger partial charge on any atom is 0.305 e. The van der Waals surface area contributed by atoms with Gasteiger partial charge in [-0.1, -0.05) is 23.7 Å². The molecule has 2 aromatic heterocycles. The molecule has 5 nitrogen and oxygen atoms in total. The fourth-order valence-electron chi connectivity index (χ4n) is 2.38. The van der Waals surface area contributed by atoms with E-state index in [0.29, 0.717) is 23.0 Å². The number of hydrogen-bond acceptors (Lipinski definition) is 3. The number of carbonyl (C=O) groups is 1. The molecule has 22 heavy (non-hydrogen) atoms. The van der Waals surface area contributed by atoms with Gasteiger partial charge in [0.15, 0.2) is 5.65 Å².